The highest BCUT2D eigenvalue weighted by Crippen LogP contribution is 2.23. The van der Waals surface area contributed by atoms with Crippen molar-refractivity contribution in [2.75, 3.05) is 0 Å². The summed E-state index contributed by atoms with van der Waals surface area (Å²) < 4.78 is 12.3. The molecule has 0 atom stereocenters. The molecule has 0 saturated heterocycles. The zero-order chi connectivity index (χ0) is 10.8. The molecule has 0 radical (unpaired) electrons. The van der Waals surface area contributed by atoms with Gasteiger partial charge in [0, 0.05) is 6.20 Å². The van der Waals surface area contributed by atoms with E-state index in [1.807, 2.05) is 0 Å². The Morgan fingerprint density at radius 3 is 2.79 bits per heavy atom. The lowest BCUT2D eigenvalue weighted by molar-refractivity contribution is -0.142. The predicted molar refractivity (Wildman–Crippen MR) is 49.7 cm³/mol. The first-order chi connectivity index (χ1) is 6.48. The maximum Gasteiger partial charge on any atom is 0.313 e. The van der Waals surface area contributed by atoms with Crippen LogP contribution in [0.3, 0.4) is 0 Å². The molecule has 1 N–H and O–H groups in total. The van der Waals surface area contributed by atoms with Gasteiger partial charge in [0.25, 0.3) is 0 Å². The molecule has 1 heterocycles. The van der Waals surface area contributed by atoms with Crippen LogP contribution in [-0.4, -0.2) is 16.1 Å². The number of pyridine rings is 1. The van der Waals surface area contributed by atoms with Crippen LogP contribution in [0.5, 0.6) is 0 Å². The van der Waals surface area contributed by atoms with Crippen molar-refractivity contribution in [3.05, 3.63) is 29.6 Å². The predicted octanol–water partition coefficient (Wildman–Crippen LogP) is 1.91. The lowest BCUT2D eigenvalue weighted by Gasteiger charge is -2.19. The van der Waals surface area contributed by atoms with Crippen LogP contribution in [0.1, 0.15) is 25.1 Å². The third-order valence-corrected chi connectivity index (χ3v) is 2.21. The van der Waals surface area contributed by atoms with Crippen molar-refractivity contribution in [2.45, 2.75) is 25.9 Å². The summed E-state index contributed by atoms with van der Waals surface area (Å²) >= 11 is 0. The zero-order valence-corrected chi connectivity index (χ0v) is 8.12. The molecule has 0 saturated carbocycles. The number of hydrogen-bond acceptors (Lipinski definition) is 2. The molecular weight excluding hydrogens is 185 g/mol. The molecule has 14 heavy (non-hydrogen) atoms. The first-order valence-corrected chi connectivity index (χ1v) is 4.23. The van der Waals surface area contributed by atoms with E-state index < -0.39 is 18.1 Å². The number of alkyl halides is 1. The van der Waals surface area contributed by atoms with Gasteiger partial charge in [-0.2, -0.15) is 0 Å². The van der Waals surface area contributed by atoms with Gasteiger partial charge < -0.3 is 5.11 Å². The number of rotatable bonds is 3. The van der Waals surface area contributed by atoms with Crippen LogP contribution in [0.25, 0.3) is 0 Å². The third kappa shape index (κ3) is 1.89. The van der Waals surface area contributed by atoms with Crippen molar-refractivity contribution in [1.82, 2.24) is 4.98 Å². The Bertz CT molecular complexity index is 350. The second-order valence-corrected chi connectivity index (χ2v) is 3.60. The molecule has 0 aliphatic rings. The van der Waals surface area contributed by atoms with E-state index in [9.17, 15) is 9.18 Å². The lowest BCUT2D eigenvalue weighted by atomic mass is 9.85. The summed E-state index contributed by atoms with van der Waals surface area (Å²) in [6.45, 7) is 2.48. The highest BCUT2D eigenvalue weighted by Gasteiger charge is 2.29. The normalized spacial score (nSPS) is 11.4. The summed E-state index contributed by atoms with van der Waals surface area (Å²) in [5.41, 5.74) is -0.183. The topological polar surface area (TPSA) is 50.2 Å². The van der Waals surface area contributed by atoms with E-state index >= 15 is 0 Å². The molecule has 0 bridgehead atoms. The fourth-order valence-corrected chi connectivity index (χ4v) is 1.06. The van der Waals surface area contributed by atoms with Gasteiger partial charge in [-0.3, -0.25) is 9.78 Å². The Hall–Kier alpha value is -1.45. The molecule has 4 heteroatoms. The maximum absolute atomic E-state index is 12.3. The number of hydrogen-bond donors (Lipinski definition) is 1. The van der Waals surface area contributed by atoms with E-state index in [1.54, 1.807) is 19.9 Å². The minimum Gasteiger partial charge on any atom is -0.481 e. The fourth-order valence-electron chi connectivity index (χ4n) is 1.06. The van der Waals surface area contributed by atoms with Crippen molar-refractivity contribution >= 4 is 5.97 Å². The van der Waals surface area contributed by atoms with Gasteiger partial charge in [-0.1, -0.05) is 0 Å². The molecule has 0 aromatic carbocycles. The van der Waals surface area contributed by atoms with E-state index in [1.165, 1.54) is 12.3 Å². The Morgan fingerprint density at radius 2 is 2.29 bits per heavy atom. The van der Waals surface area contributed by atoms with Crippen LogP contribution in [-0.2, 0) is 16.9 Å². The summed E-state index contributed by atoms with van der Waals surface area (Å²) in [4.78, 5) is 14.7. The summed E-state index contributed by atoms with van der Waals surface area (Å²) in [5, 5.41) is 8.94. The average molecular weight is 197 g/mol. The molecule has 0 aliphatic carbocycles. The molecule has 0 spiro atoms. The Morgan fingerprint density at radius 1 is 1.64 bits per heavy atom. The van der Waals surface area contributed by atoms with Crippen LogP contribution in [0.2, 0.25) is 0 Å². The maximum atomic E-state index is 12.3. The van der Waals surface area contributed by atoms with Gasteiger partial charge in [-0.15, -0.1) is 0 Å². The number of nitrogens with zero attached hydrogens (tertiary/aromatic N) is 1. The Labute approximate surface area is 81.6 Å². The van der Waals surface area contributed by atoms with E-state index in [2.05, 4.69) is 4.98 Å². The van der Waals surface area contributed by atoms with Gasteiger partial charge in [0.15, 0.2) is 0 Å². The third-order valence-electron chi connectivity index (χ3n) is 2.21. The molecule has 1 rings (SSSR count). The molecule has 1 aromatic heterocycles. The summed E-state index contributed by atoms with van der Waals surface area (Å²) in [6.07, 6.45) is 1.43. The second kappa shape index (κ2) is 3.74. The first kappa shape index (κ1) is 10.6. The van der Waals surface area contributed by atoms with Gasteiger partial charge in [0.1, 0.15) is 6.67 Å². The highest BCUT2D eigenvalue weighted by molar-refractivity contribution is 5.80. The smallest absolute Gasteiger partial charge is 0.313 e. The van der Waals surface area contributed by atoms with Crippen LogP contribution < -0.4 is 0 Å². The lowest BCUT2D eigenvalue weighted by Crippen LogP contribution is -2.28. The number of aromatic nitrogens is 1. The van der Waals surface area contributed by atoms with Crippen molar-refractivity contribution in [1.29, 1.82) is 0 Å². The van der Waals surface area contributed by atoms with Gasteiger partial charge in [-0.25, -0.2) is 4.39 Å². The standard InChI is InChI=1S/C10H12FNO2/c1-10(2,9(13)14)7-3-4-12-8(5-7)6-11/h3-5H,6H2,1-2H3,(H,13,14). The van der Waals surface area contributed by atoms with Gasteiger partial charge >= 0.3 is 5.97 Å². The molecule has 1 aromatic rings. The second-order valence-electron chi connectivity index (χ2n) is 3.60. The van der Waals surface area contributed by atoms with Gasteiger partial charge in [0.05, 0.1) is 11.1 Å². The summed E-state index contributed by atoms with van der Waals surface area (Å²) in [7, 11) is 0. The highest BCUT2D eigenvalue weighted by atomic mass is 19.1. The van der Waals surface area contributed by atoms with E-state index in [0.717, 1.165) is 0 Å². The first-order valence-electron chi connectivity index (χ1n) is 4.23. The Kier molecular flexibility index (Phi) is 2.84. The van der Waals surface area contributed by atoms with Crippen LogP contribution in [0, 0.1) is 0 Å². The van der Waals surface area contributed by atoms with Crippen molar-refractivity contribution in [3.63, 3.8) is 0 Å². The van der Waals surface area contributed by atoms with E-state index in [4.69, 9.17) is 5.11 Å². The SMILES string of the molecule is CC(C)(C(=O)O)c1ccnc(CF)c1. The van der Waals surface area contributed by atoms with Crippen molar-refractivity contribution in [2.24, 2.45) is 0 Å². The van der Waals surface area contributed by atoms with E-state index in [-0.39, 0.29) is 5.69 Å². The molecule has 0 amide bonds. The van der Waals surface area contributed by atoms with Crippen LogP contribution >= 0.6 is 0 Å². The quantitative estimate of drug-likeness (QED) is 0.805. The molecule has 0 fully saturated rings. The van der Waals surface area contributed by atoms with E-state index in [0.29, 0.717) is 5.56 Å². The molecule has 0 unspecified atom stereocenters. The molecular formula is C10H12FNO2. The molecule has 0 aliphatic heterocycles. The minimum absolute atomic E-state index is 0.261. The van der Waals surface area contributed by atoms with Crippen molar-refractivity contribution < 1.29 is 14.3 Å². The summed E-state index contributed by atoms with van der Waals surface area (Å²) in [6, 6.07) is 3.07. The fraction of sp³-hybridized carbons (Fsp3) is 0.400. The number of carboxylic acids is 1. The van der Waals surface area contributed by atoms with Gasteiger partial charge in [-0.05, 0) is 31.5 Å². The number of halogens is 1. The zero-order valence-electron chi connectivity index (χ0n) is 8.12. The van der Waals surface area contributed by atoms with Crippen LogP contribution in [0.15, 0.2) is 18.3 Å². The minimum atomic E-state index is -1.01. The number of carboxylic acid groups (broad SMARTS) is 1. The average Bonchev–Trinajstić information content (AvgIpc) is 2.17. The Balaban J connectivity index is 3.12. The summed E-state index contributed by atoms with van der Waals surface area (Å²) in [5.74, 6) is -0.937. The number of aliphatic carboxylic acids is 1. The molecule has 3 nitrogen and oxygen atoms in total. The number of carbonyl (C=O) groups is 1. The largest absolute Gasteiger partial charge is 0.481 e. The van der Waals surface area contributed by atoms with Gasteiger partial charge in [0.2, 0.25) is 0 Å². The van der Waals surface area contributed by atoms with Crippen LogP contribution in [0.4, 0.5) is 4.39 Å². The monoisotopic (exact) mass is 197 g/mol. The van der Waals surface area contributed by atoms with Crippen molar-refractivity contribution in [3.8, 4) is 0 Å². The molecule has 76 valence electrons.